The van der Waals surface area contributed by atoms with Crippen molar-refractivity contribution in [3.05, 3.63) is 53.1 Å². The lowest BCUT2D eigenvalue weighted by molar-refractivity contribution is -0.137. The van der Waals surface area contributed by atoms with Gasteiger partial charge in [0.05, 0.1) is 26.9 Å². The Bertz CT molecular complexity index is 979. The van der Waals surface area contributed by atoms with Crippen LogP contribution < -0.4 is 19.5 Å². The molecule has 6 nitrogen and oxygen atoms in total. The van der Waals surface area contributed by atoms with E-state index < -0.39 is 17.6 Å². The molecule has 0 aromatic heterocycles. The van der Waals surface area contributed by atoms with Gasteiger partial charge in [-0.05, 0) is 36.4 Å². The van der Waals surface area contributed by atoms with E-state index in [4.69, 9.17) is 14.2 Å². The maximum Gasteiger partial charge on any atom is 0.416 e. The van der Waals surface area contributed by atoms with E-state index in [1.165, 1.54) is 33.5 Å². The molecule has 0 radical (unpaired) electrons. The van der Waals surface area contributed by atoms with Crippen molar-refractivity contribution in [3.8, 4) is 23.3 Å². The number of amides is 1. The summed E-state index contributed by atoms with van der Waals surface area (Å²) in [4.78, 5) is 12.4. The number of alkyl halides is 3. The van der Waals surface area contributed by atoms with Crippen LogP contribution in [-0.2, 0) is 11.0 Å². The number of ether oxygens (including phenoxy) is 3. The van der Waals surface area contributed by atoms with Gasteiger partial charge >= 0.3 is 6.18 Å². The third-order valence-corrected chi connectivity index (χ3v) is 3.85. The maximum absolute atomic E-state index is 12.8. The Hall–Kier alpha value is -3.67. The summed E-state index contributed by atoms with van der Waals surface area (Å²) in [5.41, 5.74) is -1.00. The molecule has 0 bridgehead atoms. The second-order valence-electron chi connectivity index (χ2n) is 5.63. The van der Waals surface area contributed by atoms with E-state index in [1.54, 1.807) is 18.2 Å². The van der Waals surface area contributed by atoms with Gasteiger partial charge in [0.25, 0.3) is 5.91 Å². The molecule has 0 heterocycles. The summed E-state index contributed by atoms with van der Waals surface area (Å²) in [6.45, 7) is 0. The average molecular weight is 406 g/mol. The molecule has 0 unspecified atom stereocenters. The predicted molar refractivity (Wildman–Crippen MR) is 99.8 cm³/mol. The minimum absolute atomic E-state index is 0.0924. The van der Waals surface area contributed by atoms with Crippen molar-refractivity contribution >= 4 is 17.7 Å². The van der Waals surface area contributed by atoms with Crippen molar-refractivity contribution in [2.24, 2.45) is 0 Å². The van der Waals surface area contributed by atoms with Crippen LogP contribution in [0.1, 0.15) is 11.1 Å². The molecule has 0 aliphatic heterocycles. The molecular weight excluding hydrogens is 389 g/mol. The summed E-state index contributed by atoms with van der Waals surface area (Å²) < 4.78 is 54.2. The lowest BCUT2D eigenvalue weighted by Crippen LogP contribution is -2.14. The molecule has 1 amide bonds. The molecule has 0 fully saturated rings. The molecule has 1 N–H and O–H groups in total. The molecule has 2 aromatic carbocycles. The highest BCUT2D eigenvalue weighted by Crippen LogP contribution is 2.40. The van der Waals surface area contributed by atoms with Crippen molar-refractivity contribution in [2.45, 2.75) is 6.18 Å². The number of nitriles is 1. The Morgan fingerprint density at radius 3 is 2.31 bits per heavy atom. The lowest BCUT2D eigenvalue weighted by atomic mass is 10.1. The van der Waals surface area contributed by atoms with Crippen LogP contribution in [0.2, 0.25) is 0 Å². The highest BCUT2D eigenvalue weighted by Gasteiger charge is 2.30. The highest BCUT2D eigenvalue weighted by molar-refractivity contribution is 6.10. The van der Waals surface area contributed by atoms with E-state index in [0.29, 0.717) is 11.3 Å². The first-order valence-corrected chi connectivity index (χ1v) is 8.14. The van der Waals surface area contributed by atoms with Crippen LogP contribution in [0, 0.1) is 11.3 Å². The molecule has 29 heavy (non-hydrogen) atoms. The third kappa shape index (κ3) is 4.99. The van der Waals surface area contributed by atoms with Crippen molar-refractivity contribution in [1.82, 2.24) is 0 Å². The SMILES string of the molecule is COc1ccc(/C=C(\C#N)C(=O)Nc2cccc(C(F)(F)F)c2)c(OC)c1OC. The fourth-order valence-corrected chi connectivity index (χ4v) is 2.51. The number of methoxy groups -OCH3 is 3. The summed E-state index contributed by atoms with van der Waals surface area (Å²) >= 11 is 0. The van der Waals surface area contributed by atoms with E-state index in [1.807, 2.05) is 0 Å². The minimum Gasteiger partial charge on any atom is -0.493 e. The summed E-state index contributed by atoms with van der Waals surface area (Å²) in [5.74, 6) is 0.00267. The molecule has 2 aromatic rings. The Morgan fingerprint density at radius 1 is 1.07 bits per heavy atom. The number of nitrogens with zero attached hydrogens (tertiary/aromatic N) is 1. The van der Waals surface area contributed by atoms with Gasteiger partial charge in [0, 0.05) is 11.3 Å². The Morgan fingerprint density at radius 2 is 1.76 bits per heavy atom. The summed E-state index contributed by atoms with van der Waals surface area (Å²) in [6.07, 6.45) is -3.31. The quantitative estimate of drug-likeness (QED) is 0.572. The van der Waals surface area contributed by atoms with E-state index in [0.717, 1.165) is 18.2 Å². The van der Waals surface area contributed by atoms with Gasteiger partial charge in [-0.15, -0.1) is 0 Å². The summed E-state index contributed by atoms with van der Waals surface area (Å²) in [7, 11) is 4.22. The van der Waals surface area contributed by atoms with Crippen molar-refractivity contribution in [3.63, 3.8) is 0 Å². The predicted octanol–water partition coefficient (Wildman–Crippen LogP) is 4.28. The first kappa shape index (κ1) is 21.6. The lowest BCUT2D eigenvalue weighted by Gasteiger charge is -2.14. The zero-order valence-corrected chi connectivity index (χ0v) is 15.8. The molecular formula is C20H17F3N2O4. The number of nitrogens with one attached hydrogen (secondary N) is 1. The van der Waals surface area contributed by atoms with Crippen molar-refractivity contribution < 1.29 is 32.2 Å². The van der Waals surface area contributed by atoms with Crippen LogP contribution in [0.25, 0.3) is 6.08 Å². The molecule has 0 saturated carbocycles. The van der Waals surface area contributed by atoms with Gasteiger partial charge in [-0.3, -0.25) is 4.79 Å². The molecule has 0 atom stereocenters. The van der Waals surface area contributed by atoms with Crippen LogP contribution in [0.5, 0.6) is 17.2 Å². The fraction of sp³-hybridized carbons (Fsp3) is 0.200. The number of anilines is 1. The van der Waals surface area contributed by atoms with Gasteiger partial charge in [0.2, 0.25) is 5.75 Å². The Labute approximate surface area is 165 Å². The van der Waals surface area contributed by atoms with Gasteiger partial charge in [-0.2, -0.15) is 18.4 Å². The smallest absolute Gasteiger partial charge is 0.416 e. The van der Waals surface area contributed by atoms with Crippen LogP contribution >= 0.6 is 0 Å². The molecule has 0 saturated heterocycles. The van der Waals surface area contributed by atoms with Crippen LogP contribution in [0.15, 0.2) is 42.0 Å². The molecule has 0 aliphatic carbocycles. The number of carbonyl (C=O) groups excluding carboxylic acids is 1. The number of benzene rings is 2. The number of carbonyl (C=O) groups is 1. The van der Waals surface area contributed by atoms with E-state index in [9.17, 15) is 23.2 Å². The standard InChI is InChI=1S/C20H17F3N2O4/c1-27-16-8-7-12(17(28-2)18(16)29-3)9-13(11-24)19(26)25-15-6-4-5-14(10-15)20(21,22)23/h4-10H,1-3H3,(H,25,26)/b13-9+. The summed E-state index contributed by atoms with van der Waals surface area (Å²) in [6, 6.07) is 8.96. The zero-order chi connectivity index (χ0) is 21.6. The topological polar surface area (TPSA) is 80.6 Å². The first-order chi connectivity index (χ1) is 13.7. The highest BCUT2D eigenvalue weighted by atomic mass is 19.4. The van der Waals surface area contributed by atoms with E-state index >= 15 is 0 Å². The van der Waals surface area contributed by atoms with Crippen molar-refractivity contribution in [1.29, 1.82) is 5.26 Å². The van der Waals surface area contributed by atoms with E-state index in [-0.39, 0.29) is 22.8 Å². The fourth-order valence-electron chi connectivity index (χ4n) is 2.51. The van der Waals surface area contributed by atoms with Crippen LogP contribution in [0.3, 0.4) is 0 Å². The number of hydrogen-bond acceptors (Lipinski definition) is 5. The molecule has 0 spiro atoms. The third-order valence-electron chi connectivity index (χ3n) is 3.85. The zero-order valence-electron chi connectivity index (χ0n) is 15.8. The first-order valence-electron chi connectivity index (χ1n) is 8.14. The monoisotopic (exact) mass is 406 g/mol. The second-order valence-corrected chi connectivity index (χ2v) is 5.63. The molecule has 0 aliphatic rings. The minimum atomic E-state index is -4.55. The van der Waals surface area contributed by atoms with Gasteiger partial charge < -0.3 is 19.5 Å². The molecule has 9 heteroatoms. The normalized spacial score (nSPS) is 11.4. The Kier molecular flexibility index (Phi) is 6.72. The maximum atomic E-state index is 12.8. The van der Waals surface area contributed by atoms with E-state index in [2.05, 4.69) is 5.32 Å². The van der Waals surface area contributed by atoms with Crippen molar-refractivity contribution in [2.75, 3.05) is 26.6 Å². The largest absolute Gasteiger partial charge is 0.493 e. The second kappa shape index (κ2) is 9.01. The van der Waals surface area contributed by atoms with Gasteiger partial charge in [0.15, 0.2) is 11.5 Å². The number of hydrogen-bond donors (Lipinski definition) is 1. The Balaban J connectivity index is 2.38. The molecule has 2 rings (SSSR count). The van der Waals surface area contributed by atoms with Gasteiger partial charge in [0.1, 0.15) is 11.6 Å². The molecule has 152 valence electrons. The van der Waals surface area contributed by atoms with Gasteiger partial charge in [-0.25, -0.2) is 0 Å². The van der Waals surface area contributed by atoms with Crippen LogP contribution in [0.4, 0.5) is 18.9 Å². The number of halogens is 3. The number of rotatable bonds is 6. The average Bonchev–Trinajstić information content (AvgIpc) is 2.70. The van der Waals surface area contributed by atoms with Crippen LogP contribution in [-0.4, -0.2) is 27.2 Å². The van der Waals surface area contributed by atoms with Gasteiger partial charge in [-0.1, -0.05) is 6.07 Å². The summed E-state index contributed by atoms with van der Waals surface area (Å²) in [5, 5.41) is 11.6.